The molecule has 0 bridgehead atoms. The number of piperazine rings is 1. The van der Waals surface area contributed by atoms with Crippen molar-refractivity contribution in [2.24, 2.45) is 10.9 Å². The minimum atomic E-state index is 0.107. The van der Waals surface area contributed by atoms with E-state index >= 15 is 0 Å². The second-order valence-electron chi connectivity index (χ2n) is 4.59. The Kier molecular flexibility index (Phi) is 4.39. The fourth-order valence-corrected chi connectivity index (χ4v) is 3.00. The summed E-state index contributed by atoms with van der Waals surface area (Å²) in [5.41, 5.74) is 6.51. The van der Waals surface area contributed by atoms with Crippen LogP contribution in [0.25, 0.3) is 0 Å². The molecule has 3 N–H and O–H groups in total. The number of rotatable bonds is 3. The van der Waals surface area contributed by atoms with Crippen LogP contribution in [0, 0.1) is 6.92 Å². The molecule has 0 atom stereocenters. The van der Waals surface area contributed by atoms with Crippen molar-refractivity contribution in [2.75, 3.05) is 32.7 Å². The number of hydrogen-bond donors (Lipinski definition) is 2. The smallest absolute Gasteiger partial charge is 0.264 e. The Balaban J connectivity index is 1.90. The maximum Gasteiger partial charge on any atom is 0.264 e. The molecule has 6 nitrogen and oxygen atoms in total. The highest BCUT2D eigenvalue weighted by atomic mass is 32.1. The Morgan fingerprint density at radius 2 is 2.16 bits per heavy atom. The van der Waals surface area contributed by atoms with Crippen LogP contribution < -0.4 is 5.73 Å². The molecule has 1 aromatic heterocycles. The molecule has 1 saturated heterocycles. The monoisotopic (exact) mass is 282 g/mol. The molecule has 1 aromatic rings. The molecular formula is C12H18N4O2S. The highest BCUT2D eigenvalue weighted by Gasteiger charge is 2.24. The van der Waals surface area contributed by atoms with E-state index in [1.165, 1.54) is 11.3 Å². The van der Waals surface area contributed by atoms with Crippen LogP contribution in [0.3, 0.4) is 0 Å². The van der Waals surface area contributed by atoms with E-state index in [9.17, 15) is 4.79 Å². The van der Waals surface area contributed by atoms with Gasteiger partial charge in [0.05, 0.1) is 11.4 Å². The van der Waals surface area contributed by atoms with Crippen molar-refractivity contribution in [3.8, 4) is 0 Å². The summed E-state index contributed by atoms with van der Waals surface area (Å²) in [6.45, 7) is 5.23. The number of hydrogen-bond acceptors (Lipinski definition) is 5. The second-order valence-corrected chi connectivity index (χ2v) is 5.51. The van der Waals surface area contributed by atoms with Crippen LogP contribution in [0.4, 0.5) is 0 Å². The fourth-order valence-electron chi connectivity index (χ4n) is 2.11. The summed E-state index contributed by atoms with van der Waals surface area (Å²) in [7, 11) is 0. The number of thiophene rings is 1. The average molecular weight is 282 g/mol. The van der Waals surface area contributed by atoms with Gasteiger partial charge in [-0.25, -0.2) is 0 Å². The fraction of sp³-hybridized carbons (Fsp3) is 0.500. The highest BCUT2D eigenvalue weighted by molar-refractivity contribution is 7.12. The number of nitrogens with zero attached hydrogens (tertiary/aromatic N) is 3. The van der Waals surface area contributed by atoms with Gasteiger partial charge in [-0.15, -0.1) is 11.3 Å². The molecule has 7 heteroatoms. The highest BCUT2D eigenvalue weighted by Crippen LogP contribution is 2.18. The molecule has 0 aliphatic carbocycles. The van der Waals surface area contributed by atoms with E-state index in [2.05, 4.69) is 10.1 Å². The van der Waals surface area contributed by atoms with E-state index in [0.29, 0.717) is 19.6 Å². The molecular weight excluding hydrogens is 264 g/mol. The Labute approximate surface area is 116 Å². The Morgan fingerprint density at radius 1 is 1.47 bits per heavy atom. The molecule has 2 rings (SSSR count). The molecule has 1 aliphatic rings. The van der Waals surface area contributed by atoms with E-state index < -0.39 is 0 Å². The van der Waals surface area contributed by atoms with Crippen molar-refractivity contribution in [3.63, 3.8) is 0 Å². The lowest BCUT2D eigenvalue weighted by atomic mass is 10.2. The molecule has 1 aliphatic heterocycles. The average Bonchev–Trinajstić information content (AvgIpc) is 2.85. The number of carbonyl (C=O) groups excluding carboxylic acids is 1. The molecule has 0 radical (unpaired) electrons. The van der Waals surface area contributed by atoms with Gasteiger partial charge in [0.1, 0.15) is 0 Å². The summed E-state index contributed by atoms with van der Waals surface area (Å²) in [6.07, 6.45) is 0. The number of nitrogens with two attached hydrogens (primary N) is 1. The van der Waals surface area contributed by atoms with Crippen LogP contribution in [-0.4, -0.2) is 59.5 Å². The predicted octanol–water partition coefficient (Wildman–Crippen LogP) is 0.561. The quantitative estimate of drug-likeness (QED) is 0.367. The molecule has 104 valence electrons. The zero-order valence-corrected chi connectivity index (χ0v) is 11.7. The molecule has 0 aromatic carbocycles. The van der Waals surface area contributed by atoms with Crippen LogP contribution in [-0.2, 0) is 0 Å². The number of carbonyl (C=O) groups is 1. The van der Waals surface area contributed by atoms with Gasteiger partial charge in [-0.1, -0.05) is 5.16 Å². The van der Waals surface area contributed by atoms with Crippen LogP contribution in [0.5, 0.6) is 0 Å². The lowest BCUT2D eigenvalue weighted by Crippen LogP contribution is -2.50. The van der Waals surface area contributed by atoms with Gasteiger partial charge in [-0.2, -0.15) is 0 Å². The molecule has 1 amide bonds. The number of oxime groups is 1. The normalized spacial score (nSPS) is 17.7. The molecule has 0 saturated carbocycles. The van der Waals surface area contributed by atoms with Gasteiger partial charge in [0.15, 0.2) is 5.84 Å². The lowest BCUT2D eigenvalue weighted by Gasteiger charge is -2.34. The van der Waals surface area contributed by atoms with Gasteiger partial charge in [0.25, 0.3) is 5.91 Å². The van der Waals surface area contributed by atoms with Crippen LogP contribution in [0.2, 0.25) is 0 Å². The van der Waals surface area contributed by atoms with Crippen molar-refractivity contribution >= 4 is 23.1 Å². The Hall–Kier alpha value is -1.60. The summed E-state index contributed by atoms with van der Waals surface area (Å²) in [5.74, 6) is 0.310. The summed E-state index contributed by atoms with van der Waals surface area (Å²) < 4.78 is 0. The summed E-state index contributed by atoms with van der Waals surface area (Å²) in [4.78, 5) is 17.1. The summed E-state index contributed by atoms with van der Waals surface area (Å²) in [5, 5.41) is 13.4. The van der Waals surface area contributed by atoms with Gasteiger partial charge >= 0.3 is 0 Å². The van der Waals surface area contributed by atoms with Crippen LogP contribution >= 0.6 is 11.3 Å². The first-order valence-corrected chi connectivity index (χ1v) is 7.02. The van der Waals surface area contributed by atoms with E-state index in [0.717, 1.165) is 23.5 Å². The standard InChI is InChI=1S/C12H18N4O2S/c1-9-2-7-19-11(9)12(17)16-5-3-15(4-6-16)8-10(13)14-18/h2,7,18H,3-6,8H2,1H3,(H2,13,14). The van der Waals surface area contributed by atoms with Gasteiger partial charge in [0, 0.05) is 26.2 Å². The zero-order valence-electron chi connectivity index (χ0n) is 10.9. The maximum absolute atomic E-state index is 12.3. The zero-order chi connectivity index (χ0) is 13.8. The van der Waals surface area contributed by atoms with E-state index in [4.69, 9.17) is 10.9 Å². The Morgan fingerprint density at radius 3 is 2.68 bits per heavy atom. The van der Waals surface area contributed by atoms with E-state index in [1.54, 1.807) is 0 Å². The van der Waals surface area contributed by atoms with Crippen molar-refractivity contribution in [1.82, 2.24) is 9.80 Å². The first-order chi connectivity index (χ1) is 9.11. The largest absolute Gasteiger partial charge is 0.409 e. The van der Waals surface area contributed by atoms with Crippen LogP contribution in [0.1, 0.15) is 15.2 Å². The van der Waals surface area contributed by atoms with Gasteiger partial charge < -0.3 is 15.8 Å². The van der Waals surface area contributed by atoms with Gasteiger partial charge in [-0.05, 0) is 23.9 Å². The van der Waals surface area contributed by atoms with E-state index in [-0.39, 0.29) is 11.7 Å². The molecule has 1 fully saturated rings. The van der Waals surface area contributed by atoms with Gasteiger partial charge in [-0.3, -0.25) is 9.69 Å². The third-order valence-corrected chi connectivity index (χ3v) is 4.23. The molecule has 19 heavy (non-hydrogen) atoms. The van der Waals surface area contributed by atoms with Crippen molar-refractivity contribution in [2.45, 2.75) is 6.92 Å². The Bertz CT molecular complexity index is 478. The van der Waals surface area contributed by atoms with Crippen molar-refractivity contribution in [1.29, 1.82) is 0 Å². The molecule has 0 spiro atoms. The van der Waals surface area contributed by atoms with Crippen molar-refractivity contribution in [3.05, 3.63) is 21.9 Å². The maximum atomic E-state index is 12.3. The summed E-state index contributed by atoms with van der Waals surface area (Å²) >= 11 is 1.49. The van der Waals surface area contributed by atoms with E-state index in [1.807, 2.05) is 23.3 Å². The molecule has 0 unspecified atom stereocenters. The third-order valence-electron chi connectivity index (χ3n) is 3.23. The third kappa shape index (κ3) is 3.24. The molecule has 2 heterocycles. The minimum absolute atomic E-state index is 0.107. The second kappa shape index (κ2) is 6.03. The first-order valence-electron chi connectivity index (χ1n) is 6.14. The van der Waals surface area contributed by atoms with Gasteiger partial charge in [0.2, 0.25) is 0 Å². The summed E-state index contributed by atoms with van der Waals surface area (Å²) in [6, 6.07) is 1.96. The lowest BCUT2D eigenvalue weighted by molar-refractivity contribution is 0.0657. The topological polar surface area (TPSA) is 82.2 Å². The predicted molar refractivity (Wildman–Crippen MR) is 74.8 cm³/mol. The van der Waals surface area contributed by atoms with Crippen LogP contribution in [0.15, 0.2) is 16.6 Å². The van der Waals surface area contributed by atoms with Crippen molar-refractivity contribution < 1.29 is 10.0 Å². The number of amides is 1. The minimum Gasteiger partial charge on any atom is -0.409 e. The SMILES string of the molecule is Cc1ccsc1C(=O)N1CCN(CC(N)=NO)CC1. The first kappa shape index (κ1) is 13.8. The number of aryl methyl sites for hydroxylation is 1. The number of amidine groups is 1.